The molecule has 1 aromatic carbocycles. The predicted octanol–water partition coefficient (Wildman–Crippen LogP) is 1.89. The average Bonchev–Trinajstić information content (AvgIpc) is 2.46. The maximum absolute atomic E-state index is 12.2. The summed E-state index contributed by atoms with van der Waals surface area (Å²) in [4.78, 5) is 14.1. The molecule has 0 bridgehead atoms. The number of carbonyl (C=O) groups excluding carboxylic acids is 1. The van der Waals surface area contributed by atoms with E-state index in [2.05, 4.69) is 5.32 Å². The molecule has 110 valence electrons. The minimum absolute atomic E-state index is 0.0765. The van der Waals surface area contributed by atoms with Crippen LogP contribution < -0.4 is 10.1 Å². The number of likely N-dealkylation sites (tertiary alicyclic amines) is 1. The van der Waals surface area contributed by atoms with Crippen molar-refractivity contribution in [3.63, 3.8) is 0 Å². The van der Waals surface area contributed by atoms with E-state index in [9.17, 15) is 4.79 Å². The van der Waals surface area contributed by atoms with Crippen LogP contribution in [-0.2, 0) is 4.79 Å². The molecule has 1 saturated heterocycles. The second-order valence-corrected chi connectivity index (χ2v) is 5.48. The number of hydrogen-bond acceptors (Lipinski definition) is 3. The molecule has 1 atom stereocenters. The fourth-order valence-corrected chi connectivity index (χ4v) is 2.69. The molecule has 0 aromatic heterocycles. The fourth-order valence-electron chi connectivity index (χ4n) is 2.69. The van der Waals surface area contributed by atoms with Gasteiger partial charge in [-0.3, -0.25) is 4.79 Å². The fraction of sp³-hybridized carbons (Fsp3) is 0.562. The van der Waals surface area contributed by atoms with Crippen LogP contribution in [0.4, 0.5) is 0 Å². The van der Waals surface area contributed by atoms with Crippen LogP contribution >= 0.6 is 0 Å². The van der Waals surface area contributed by atoms with Crippen molar-refractivity contribution in [1.82, 2.24) is 10.2 Å². The molecule has 4 heteroatoms. The monoisotopic (exact) mass is 276 g/mol. The number of rotatable bonds is 4. The van der Waals surface area contributed by atoms with Gasteiger partial charge in [0.15, 0.2) is 6.61 Å². The molecule has 1 aliphatic heterocycles. The van der Waals surface area contributed by atoms with E-state index < -0.39 is 0 Å². The average molecular weight is 276 g/mol. The molecule has 20 heavy (non-hydrogen) atoms. The first kappa shape index (κ1) is 14.9. The highest BCUT2D eigenvalue weighted by atomic mass is 16.5. The van der Waals surface area contributed by atoms with Crippen LogP contribution in [0.2, 0.25) is 0 Å². The molecular formula is C16H24N2O2. The number of carbonyl (C=O) groups is 1. The van der Waals surface area contributed by atoms with E-state index >= 15 is 0 Å². The quantitative estimate of drug-likeness (QED) is 0.913. The van der Waals surface area contributed by atoms with Crippen LogP contribution in [0.5, 0.6) is 5.75 Å². The molecule has 1 amide bonds. The van der Waals surface area contributed by atoms with Gasteiger partial charge in [0, 0.05) is 19.1 Å². The number of hydrogen-bond donors (Lipinski definition) is 1. The Morgan fingerprint density at radius 3 is 2.75 bits per heavy atom. The Balaban J connectivity index is 1.92. The van der Waals surface area contributed by atoms with Gasteiger partial charge >= 0.3 is 0 Å². The van der Waals surface area contributed by atoms with Crippen molar-refractivity contribution in [3.05, 3.63) is 29.3 Å². The summed E-state index contributed by atoms with van der Waals surface area (Å²) in [6.45, 7) is 5.76. The molecule has 0 saturated carbocycles. The number of para-hydroxylation sites is 1. The normalized spacial score (nSPS) is 18.9. The van der Waals surface area contributed by atoms with E-state index in [0.29, 0.717) is 6.04 Å². The number of piperidine rings is 1. The Kier molecular flexibility index (Phi) is 5.01. The number of amides is 1. The molecule has 1 aliphatic rings. The lowest BCUT2D eigenvalue weighted by Crippen LogP contribution is -2.48. The number of ether oxygens (including phenoxy) is 1. The van der Waals surface area contributed by atoms with Crippen molar-refractivity contribution < 1.29 is 9.53 Å². The van der Waals surface area contributed by atoms with Gasteiger partial charge in [0.25, 0.3) is 5.91 Å². The summed E-state index contributed by atoms with van der Waals surface area (Å²) in [5.41, 5.74) is 2.15. The van der Waals surface area contributed by atoms with E-state index in [-0.39, 0.29) is 12.5 Å². The molecule has 1 fully saturated rings. The molecule has 0 radical (unpaired) electrons. The standard InChI is InChI=1S/C16H24N2O2/c1-12-6-4-7-13(2)16(12)20-11-15(19)18-9-5-8-14(10-18)17-3/h4,6-7,14,17H,5,8-11H2,1-3H3. The molecule has 0 spiro atoms. The minimum atomic E-state index is 0.0765. The molecule has 0 aliphatic carbocycles. The van der Waals surface area contributed by atoms with E-state index in [0.717, 1.165) is 42.8 Å². The van der Waals surface area contributed by atoms with Gasteiger partial charge in [-0.1, -0.05) is 18.2 Å². The third-order valence-electron chi connectivity index (χ3n) is 3.93. The maximum Gasteiger partial charge on any atom is 0.260 e. The molecule has 1 unspecified atom stereocenters. The highest BCUT2D eigenvalue weighted by molar-refractivity contribution is 5.78. The van der Waals surface area contributed by atoms with Crippen LogP contribution in [0.1, 0.15) is 24.0 Å². The van der Waals surface area contributed by atoms with Gasteiger partial charge in [-0.15, -0.1) is 0 Å². The van der Waals surface area contributed by atoms with Crippen LogP contribution in [0.3, 0.4) is 0 Å². The van der Waals surface area contributed by atoms with Gasteiger partial charge in [0.1, 0.15) is 5.75 Å². The Morgan fingerprint density at radius 2 is 2.10 bits per heavy atom. The number of nitrogens with zero attached hydrogens (tertiary/aromatic N) is 1. The molecule has 4 nitrogen and oxygen atoms in total. The van der Waals surface area contributed by atoms with Crippen molar-refractivity contribution in [2.24, 2.45) is 0 Å². The first-order valence-corrected chi connectivity index (χ1v) is 7.26. The number of likely N-dealkylation sites (N-methyl/N-ethyl adjacent to an activating group) is 1. The Hall–Kier alpha value is -1.55. The Morgan fingerprint density at radius 1 is 1.40 bits per heavy atom. The summed E-state index contributed by atoms with van der Waals surface area (Å²) in [7, 11) is 1.95. The SMILES string of the molecule is CNC1CCCN(C(=O)COc2c(C)cccc2C)C1. The lowest BCUT2D eigenvalue weighted by molar-refractivity contribution is -0.134. The summed E-state index contributed by atoms with van der Waals surface area (Å²) in [6, 6.07) is 6.42. The number of aryl methyl sites for hydroxylation is 2. The second-order valence-electron chi connectivity index (χ2n) is 5.48. The molecule has 2 rings (SSSR count). The van der Waals surface area contributed by atoms with Crippen LogP contribution in [0, 0.1) is 13.8 Å². The van der Waals surface area contributed by atoms with Crippen LogP contribution in [-0.4, -0.2) is 43.6 Å². The van der Waals surface area contributed by atoms with E-state index in [4.69, 9.17) is 4.74 Å². The third-order valence-corrected chi connectivity index (χ3v) is 3.93. The zero-order valence-corrected chi connectivity index (χ0v) is 12.6. The number of nitrogens with one attached hydrogen (secondary N) is 1. The summed E-state index contributed by atoms with van der Waals surface area (Å²) in [5, 5.41) is 3.25. The smallest absolute Gasteiger partial charge is 0.260 e. The number of benzene rings is 1. The molecule has 1 heterocycles. The molecular weight excluding hydrogens is 252 g/mol. The van der Waals surface area contributed by atoms with Gasteiger partial charge in [-0.25, -0.2) is 0 Å². The van der Waals surface area contributed by atoms with Crippen molar-refractivity contribution in [3.8, 4) is 5.75 Å². The van der Waals surface area contributed by atoms with Gasteiger partial charge < -0.3 is 15.0 Å². The zero-order valence-electron chi connectivity index (χ0n) is 12.6. The summed E-state index contributed by atoms with van der Waals surface area (Å²) >= 11 is 0. The summed E-state index contributed by atoms with van der Waals surface area (Å²) in [6.07, 6.45) is 2.19. The minimum Gasteiger partial charge on any atom is -0.483 e. The highest BCUT2D eigenvalue weighted by Crippen LogP contribution is 2.22. The van der Waals surface area contributed by atoms with E-state index in [1.54, 1.807) is 0 Å². The first-order chi connectivity index (χ1) is 9.61. The second kappa shape index (κ2) is 6.75. The lowest BCUT2D eigenvalue weighted by Gasteiger charge is -2.32. The largest absolute Gasteiger partial charge is 0.483 e. The Labute approximate surface area is 121 Å². The van der Waals surface area contributed by atoms with Crippen molar-refractivity contribution in [2.45, 2.75) is 32.7 Å². The molecule has 1 N–H and O–H groups in total. The predicted molar refractivity (Wildman–Crippen MR) is 80.1 cm³/mol. The molecule has 1 aromatic rings. The van der Waals surface area contributed by atoms with E-state index in [1.807, 2.05) is 44.0 Å². The van der Waals surface area contributed by atoms with Gasteiger partial charge in [0.2, 0.25) is 0 Å². The first-order valence-electron chi connectivity index (χ1n) is 7.26. The van der Waals surface area contributed by atoms with Crippen molar-refractivity contribution in [2.75, 3.05) is 26.7 Å². The summed E-state index contributed by atoms with van der Waals surface area (Å²) < 4.78 is 5.74. The van der Waals surface area contributed by atoms with Gasteiger partial charge in [0.05, 0.1) is 0 Å². The topological polar surface area (TPSA) is 41.6 Å². The van der Waals surface area contributed by atoms with E-state index in [1.165, 1.54) is 0 Å². The Bertz CT molecular complexity index is 453. The van der Waals surface area contributed by atoms with Crippen molar-refractivity contribution in [1.29, 1.82) is 0 Å². The van der Waals surface area contributed by atoms with Gasteiger partial charge in [-0.2, -0.15) is 0 Å². The summed E-state index contributed by atoms with van der Waals surface area (Å²) in [5.74, 6) is 0.913. The van der Waals surface area contributed by atoms with Crippen LogP contribution in [0.25, 0.3) is 0 Å². The zero-order chi connectivity index (χ0) is 14.5. The van der Waals surface area contributed by atoms with Crippen LogP contribution in [0.15, 0.2) is 18.2 Å². The highest BCUT2D eigenvalue weighted by Gasteiger charge is 2.22. The van der Waals surface area contributed by atoms with Crippen molar-refractivity contribution >= 4 is 5.91 Å². The lowest BCUT2D eigenvalue weighted by atomic mass is 10.1. The van der Waals surface area contributed by atoms with Gasteiger partial charge in [-0.05, 0) is 44.9 Å². The maximum atomic E-state index is 12.2. The third kappa shape index (κ3) is 3.51.